The number of nitrogens with zero attached hydrogens (tertiary/aromatic N) is 2. The topological polar surface area (TPSA) is 234 Å². The fraction of sp³-hybridized carbons (Fsp3) is 0.262. The zero-order valence-corrected chi connectivity index (χ0v) is 36.7. The Bertz CT molecular complexity index is 2440. The number of aliphatic hydroxyl groups excluding tert-OH is 3. The van der Waals surface area contributed by atoms with E-state index in [0.29, 0.717) is 28.1 Å². The number of pyridine rings is 2. The lowest BCUT2D eigenvalue weighted by molar-refractivity contribution is -0.141. The number of aromatic nitrogens is 2. The molecule has 1 saturated heterocycles. The first-order chi connectivity index (χ1) is 29.6. The summed E-state index contributed by atoms with van der Waals surface area (Å²) < 4.78 is 86.1. The van der Waals surface area contributed by atoms with E-state index < -0.39 is 73.4 Å². The van der Waals surface area contributed by atoms with Crippen molar-refractivity contribution in [1.29, 1.82) is 0 Å². The van der Waals surface area contributed by atoms with Gasteiger partial charge < -0.3 is 41.8 Å². The van der Waals surface area contributed by atoms with Crippen molar-refractivity contribution < 1.29 is 65.4 Å². The predicted octanol–water partition coefficient (Wildman–Crippen LogP) is 7.23. The van der Waals surface area contributed by atoms with Crippen molar-refractivity contribution in [2.75, 3.05) is 37.0 Å². The molecule has 1 fully saturated rings. The molecule has 0 amide bonds. The van der Waals surface area contributed by atoms with E-state index in [4.69, 9.17) is 53.4 Å². The highest BCUT2D eigenvalue weighted by Gasteiger charge is 2.51. The Hall–Kier alpha value is -5.42. The van der Waals surface area contributed by atoms with Gasteiger partial charge in [-0.2, -0.15) is 26.3 Å². The number of benzene rings is 3. The Morgan fingerprint density at radius 1 is 0.641 bits per heavy atom. The molecule has 9 N–H and O–H groups in total. The molecule has 3 heterocycles. The van der Waals surface area contributed by atoms with Crippen molar-refractivity contribution in [2.45, 2.75) is 51.2 Å². The summed E-state index contributed by atoms with van der Waals surface area (Å²) in [6.07, 6.45) is -8.95. The molecule has 6 rings (SSSR count). The maximum atomic E-state index is 12.6. The van der Waals surface area contributed by atoms with Crippen LogP contribution in [0.25, 0.3) is 11.3 Å². The number of halogens is 8. The summed E-state index contributed by atoms with van der Waals surface area (Å²) in [5.74, 6) is -1.32. The molecule has 1 aliphatic rings. The highest BCUT2D eigenvalue weighted by atomic mass is 79.9. The van der Waals surface area contributed by atoms with Gasteiger partial charge in [-0.25, -0.2) is 9.97 Å². The molecule has 64 heavy (non-hydrogen) atoms. The van der Waals surface area contributed by atoms with Crippen LogP contribution >= 0.6 is 27.5 Å². The molecule has 0 spiro atoms. The summed E-state index contributed by atoms with van der Waals surface area (Å²) in [5, 5.41) is 26.1. The van der Waals surface area contributed by atoms with Gasteiger partial charge in [0.2, 0.25) is 0 Å². The minimum Gasteiger partial charge on any atom is -0.399 e. The number of alkyl halides is 6. The van der Waals surface area contributed by atoms with E-state index in [9.17, 15) is 40.7 Å². The molecule has 0 radical (unpaired) electrons. The summed E-state index contributed by atoms with van der Waals surface area (Å²) >= 11 is 8.45. The summed E-state index contributed by atoms with van der Waals surface area (Å²) in [5.41, 5.74) is 17.0. The lowest BCUT2D eigenvalue weighted by Crippen LogP contribution is -2.41. The zero-order chi connectivity index (χ0) is 48.4. The number of nitrogens with two attached hydrogens (primary N) is 3. The normalized spacial score (nSPS) is 13.9. The van der Waals surface area contributed by atoms with E-state index in [1.165, 1.54) is 42.5 Å². The van der Waals surface area contributed by atoms with Crippen LogP contribution in [-0.2, 0) is 21.7 Å². The van der Waals surface area contributed by atoms with E-state index in [0.717, 1.165) is 22.1 Å². The van der Waals surface area contributed by atoms with E-state index in [-0.39, 0.29) is 27.9 Å². The molecule has 13 nitrogen and oxygen atoms in total. The number of hydrogen-bond acceptors (Lipinski definition) is 13. The van der Waals surface area contributed by atoms with Gasteiger partial charge in [0.25, 0.3) is 0 Å². The maximum Gasteiger partial charge on any atom is 0.494 e. The Kier molecular flexibility index (Phi) is 18.2. The monoisotopic (exact) mass is 983 g/mol. The smallest absolute Gasteiger partial charge is 0.399 e. The molecule has 3 aromatic carbocycles. The summed E-state index contributed by atoms with van der Waals surface area (Å²) in [4.78, 5) is 40.5. The number of rotatable bonds is 8. The minimum absolute atomic E-state index is 0.0748. The van der Waals surface area contributed by atoms with Gasteiger partial charge in [0.1, 0.15) is 36.4 Å². The highest BCUT2D eigenvalue weighted by molar-refractivity contribution is 9.10. The van der Waals surface area contributed by atoms with Crippen molar-refractivity contribution in [1.82, 2.24) is 9.97 Å². The third-order valence-corrected chi connectivity index (χ3v) is 10.0. The largest absolute Gasteiger partial charge is 0.494 e. The van der Waals surface area contributed by atoms with E-state index in [2.05, 4.69) is 25.9 Å². The van der Waals surface area contributed by atoms with Gasteiger partial charge in [-0.3, -0.25) is 14.4 Å². The quantitative estimate of drug-likeness (QED) is 0.0297. The van der Waals surface area contributed by atoms with Crippen molar-refractivity contribution >= 4 is 74.5 Å². The molecule has 0 atom stereocenters. The third-order valence-electron chi connectivity index (χ3n) is 9.34. The maximum absolute atomic E-state index is 12.6. The van der Waals surface area contributed by atoms with Gasteiger partial charge in [-0.15, -0.1) is 0 Å². The summed E-state index contributed by atoms with van der Waals surface area (Å²) in [6.45, 7) is 6.14. The summed E-state index contributed by atoms with van der Waals surface area (Å²) in [7, 11) is -0.513. The second-order valence-electron chi connectivity index (χ2n) is 14.5. The van der Waals surface area contributed by atoms with Crippen molar-refractivity contribution in [3.8, 4) is 11.3 Å². The lowest BCUT2D eigenvalue weighted by atomic mass is 9.78. The van der Waals surface area contributed by atoms with Gasteiger partial charge in [-0.1, -0.05) is 51.8 Å². The Morgan fingerprint density at radius 3 is 1.47 bits per heavy atom. The summed E-state index contributed by atoms with van der Waals surface area (Å²) in [6, 6.07) is 20.9. The van der Waals surface area contributed by atoms with Crippen molar-refractivity contribution in [3.05, 3.63) is 129 Å². The number of anilines is 3. The van der Waals surface area contributed by atoms with Crippen LogP contribution in [0.15, 0.2) is 95.5 Å². The van der Waals surface area contributed by atoms with Crippen LogP contribution in [0, 0.1) is 0 Å². The molecule has 1 aliphatic heterocycles. The van der Waals surface area contributed by atoms with E-state index in [1.807, 2.05) is 27.7 Å². The van der Waals surface area contributed by atoms with Crippen LogP contribution in [0.1, 0.15) is 70.2 Å². The number of aliphatic hydroxyl groups is 3. The van der Waals surface area contributed by atoms with Gasteiger partial charge >= 0.3 is 19.5 Å². The number of carbonyl (C=O) groups excluding carboxylic acids is 3. The first kappa shape index (κ1) is 52.9. The zero-order valence-electron chi connectivity index (χ0n) is 34.4. The van der Waals surface area contributed by atoms with Gasteiger partial charge in [-0.05, 0) is 99.9 Å². The molecule has 0 bridgehead atoms. The predicted molar refractivity (Wildman–Crippen MR) is 233 cm³/mol. The fourth-order valence-corrected chi connectivity index (χ4v) is 5.84. The molecular weight excluding hydrogens is 943 g/mol. The van der Waals surface area contributed by atoms with Crippen LogP contribution in [0.3, 0.4) is 0 Å². The average molecular weight is 985 g/mol. The van der Waals surface area contributed by atoms with Crippen molar-refractivity contribution in [3.63, 3.8) is 0 Å². The molecule has 0 saturated carbocycles. The number of carbonyl (C=O) groups is 3. The molecule has 0 unspecified atom stereocenters. The number of hydrogen-bond donors (Lipinski definition) is 6. The van der Waals surface area contributed by atoms with Gasteiger partial charge in [0.15, 0.2) is 17.3 Å². The Labute approximate surface area is 376 Å². The molecule has 0 aliphatic carbocycles. The van der Waals surface area contributed by atoms with Crippen molar-refractivity contribution in [2.24, 2.45) is 0 Å². The molecule has 2 aromatic heterocycles. The molecule has 5 aromatic rings. The Balaban J connectivity index is 0.000000235. The first-order valence-corrected chi connectivity index (χ1v) is 19.7. The molecule has 22 heteroatoms. The SMILES string of the molecule is CC1(C)OB(c2ccc(C(=O)CO)c(N)c2)OC1(C)C.FC(F)(F)c1cccc(Cl)n1.Nc1cc(-c2cccc(C(F)(F)F)n2)ccc1C(=O)CO.Nc1cc(Br)ccc1C(=O)CO. The number of nitrogen functional groups attached to an aromatic ring is 3. The van der Waals surface area contributed by atoms with Gasteiger partial charge in [0, 0.05) is 43.8 Å². The van der Waals surface area contributed by atoms with Crippen LogP contribution in [0.5, 0.6) is 0 Å². The second-order valence-corrected chi connectivity index (χ2v) is 15.8. The van der Waals surface area contributed by atoms with Crippen LogP contribution < -0.4 is 22.7 Å². The van der Waals surface area contributed by atoms with E-state index in [1.54, 1.807) is 36.4 Å². The molecular formula is C42H42BBrClF6N5O8. The Morgan fingerprint density at radius 2 is 1.06 bits per heavy atom. The third kappa shape index (κ3) is 14.3. The molecule has 342 valence electrons. The van der Waals surface area contributed by atoms with E-state index >= 15 is 0 Å². The second kappa shape index (κ2) is 22.0. The lowest BCUT2D eigenvalue weighted by Gasteiger charge is -2.32. The van der Waals surface area contributed by atoms with Crippen LogP contribution in [0.4, 0.5) is 43.4 Å². The fourth-order valence-electron chi connectivity index (χ4n) is 5.30. The highest BCUT2D eigenvalue weighted by Crippen LogP contribution is 2.37. The average Bonchev–Trinajstić information content (AvgIpc) is 3.45. The van der Waals surface area contributed by atoms with Crippen LogP contribution in [-0.4, -0.2) is 80.8 Å². The first-order valence-electron chi connectivity index (χ1n) is 18.5. The number of ketones is 3. The number of Topliss-reactive ketones (excluding diaryl/α,β-unsaturated/α-hetero) is 3. The van der Waals surface area contributed by atoms with Crippen LogP contribution in [0.2, 0.25) is 5.15 Å². The standard InChI is InChI=1S/C14H20BNO4.C14H11F3N2O2.C8H8BrNO2.C6H3ClF3N/c1-13(2)14(3,4)20-15(19-13)9-5-6-10(11(16)7-9)12(18)8-17;15-14(16,17)13-3-1-2-11(19-13)8-4-5-9(10(18)6-8)12(21)7-20;9-5-1-2-6(7(10)3-5)8(12)4-11;7-5-3-1-2-4(11-5)6(8,9)10/h5-7,17H,8,16H2,1-4H3;1-6,20H,7,18H2;1-3,11H,4,10H2;1-3H. The minimum atomic E-state index is -4.53. The van der Waals surface area contributed by atoms with Gasteiger partial charge in [0.05, 0.1) is 16.9 Å².